The highest BCUT2D eigenvalue weighted by Gasteiger charge is 2.38. The zero-order valence-electron chi connectivity index (χ0n) is 13.1. The summed E-state index contributed by atoms with van der Waals surface area (Å²) in [6.07, 6.45) is 4.79. The largest absolute Gasteiger partial charge is 0.380 e. The lowest BCUT2D eigenvalue weighted by molar-refractivity contribution is -0.167. The van der Waals surface area contributed by atoms with Gasteiger partial charge in [0.2, 0.25) is 0 Å². The maximum Gasteiger partial charge on any atom is 0.0700 e. The molecule has 0 spiro atoms. The molecule has 0 aromatic rings. The van der Waals surface area contributed by atoms with Crippen molar-refractivity contribution in [3.05, 3.63) is 0 Å². The molecule has 118 valence electrons. The van der Waals surface area contributed by atoms with E-state index in [0.717, 1.165) is 39.6 Å². The van der Waals surface area contributed by atoms with Crippen LogP contribution in [-0.4, -0.2) is 52.9 Å². The highest BCUT2D eigenvalue weighted by Crippen LogP contribution is 2.34. The first-order valence-corrected chi connectivity index (χ1v) is 8.05. The fourth-order valence-electron chi connectivity index (χ4n) is 3.14. The van der Waals surface area contributed by atoms with E-state index in [4.69, 9.17) is 18.9 Å². The average Bonchev–Trinajstić information content (AvgIpc) is 2.36. The summed E-state index contributed by atoms with van der Waals surface area (Å²) < 4.78 is 22.2. The summed E-state index contributed by atoms with van der Waals surface area (Å²) in [6.45, 7) is 10.9. The van der Waals surface area contributed by atoms with Gasteiger partial charge >= 0.3 is 0 Å². The van der Waals surface area contributed by atoms with E-state index >= 15 is 0 Å². The van der Waals surface area contributed by atoms with E-state index in [0.29, 0.717) is 24.0 Å². The second kappa shape index (κ2) is 7.74. The molecule has 0 N–H and O–H groups in total. The van der Waals surface area contributed by atoms with E-state index in [-0.39, 0.29) is 0 Å². The first-order valence-electron chi connectivity index (χ1n) is 8.05. The smallest absolute Gasteiger partial charge is 0.0700 e. The maximum absolute atomic E-state index is 5.78. The quantitative estimate of drug-likeness (QED) is 0.547. The Balaban J connectivity index is 1.51. The second-order valence-electron chi connectivity index (χ2n) is 6.59. The van der Waals surface area contributed by atoms with Gasteiger partial charge in [0.25, 0.3) is 0 Å². The van der Waals surface area contributed by atoms with Crippen LogP contribution in [0.5, 0.6) is 0 Å². The third-order valence-corrected chi connectivity index (χ3v) is 4.38. The lowest BCUT2D eigenvalue weighted by atomic mass is 9.82. The van der Waals surface area contributed by atoms with E-state index in [1.54, 1.807) is 0 Å². The molecule has 0 aromatic carbocycles. The van der Waals surface area contributed by atoms with Crippen LogP contribution >= 0.6 is 0 Å². The predicted octanol–water partition coefficient (Wildman–Crippen LogP) is 2.65. The second-order valence-corrected chi connectivity index (χ2v) is 6.59. The summed E-state index contributed by atoms with van der Waals surface area (Å²) >= 11 is 0. The van der Waals surface area contributed by atoms with Gasteiger partial charge in [-0.15, -0.1) is 0 Å². The summed E-state index contributed by atoms with van der Waals surface area (Å²) in [7, 11) is 0. The number of hydrogen-bond acceptors (Lipinski definition) is 4. The standard InChI is InChI=1S/C16H30O4/c1-3-5-15(11-19-12-15)9-17-7-8-18-10-16(6-4-2)13-20-14-16/h3-14H2,1-2H3. The summed E-state index contributed by atoms with van der Waals surface area (Å²) in [4.78, 5) is 0. The van der Waals surface area contributed by atoms with Crippen molar-refractivity contribution in [3.63, 3.8) is 0 Å². The third kappa shape index (κ3) is 4.17. The van der Waals surface area contributed by atoms with Crippen molar-refractivity contribution in [1.82, 2.24) is 0 Å². The molecule has 2 fully saturated rings. The minimum Gasteiger partial charge on any atom is -0.380 e. The van der Waals surface area contributed by atoms with Crippen LogP contribution in [0.25, 0.3) is 0 Å². The van der Waals surface area contributed by atoms with Gasteiger partial charge < -0.3 is 18.9 Å². The van der Waals surface area contributed by atoms with Crippen molar-refractivity contribution in [2.24, 2.45) is 10.8 Å². The third-order valence-electron chi connectivity index (χ3n) is 4.38. The molecule has 2 heterocycles. The fourth-order valence-corrected chi connectivity index (χ4v) is 3.14. The van der Waals surface area contributed by atoms with Crippen molar-refractivity contribution < 1.29 is 18.9 Å². The first kappa shape index (κ1) is 16.2. The summed E-state index contributed by atoms with van der Waals surface area (Å²) in [5.41, 5.74) is 0.583. The molecule has 0 unspecified atom stereocenters. The fraction of sp³-hybridized carbons (Fsp3) is 1.00. The molecule has 0 saturated carbocycles. The van der Waals surface area contributed by atoms with E-state index in [9.17, 15) is 0 Å². The molecule has 0 aliphatic carbocycles. The van der Waals surface area contributed by atoms with Crippen LogP contribution in [0.1, 0.15) is 39.5 Å². The zero-order valence-corrected chi connectivity index (χ0v) is 13.1. The van der Waals surface area contributed by atoms with Crippen LogP contribution in [-0.2, 0) is 18.9 Å². The minimum atomic E-state index is 0.292. The number of hydrogen-bond donors (Lipinski definition) is 0. The Morgan fingerprint density at radius 1 is 0.750 bits per heavy atom. The molecular weight excluding hydrogens is 256 g/mol. The van der Waals surface area contributed by atoms with Gasteiger partial charge in [-0.2, -0.15) is 0 Å². The van der Waals surface area contributed by atoms with E-state index in [2.05, 4.69) is 13.8 Å². The molecule has 2 saturated heterocycles. The van der Waals surface area contributed by atoms with Gasteiger partial charge in [0, 0.05) is 10.8 Å². The van der Waals surface area contributed by atoms with Crippen LogP contribution in [0.4, 0.5) is 0 Å². The van der Waals surface area contributed by atoms with Crippen LogP contribution in [0.2, 0.25) is 0 Å². The van der Waals surface area contributed by atoms with Gasteiger partial charge in [0.05, 0.1) is 52.9 Å². The van der Waals surface area contributed by atoms with Crippen molar-refractivity contribution in [2.75, 3.05) is 52.9 Å². The topological polar surface area (TPSA) is 36.9 Å². The Labute approximate surface area is 123 Å². The summed E-state index contributed by atoms with van der Waals surface area (Å²) in [5.74, 6) is 0. The monoisotopic (exact) mass is 286 g/mol. The molecule has 4 nitrogen and oxygen atoms in total. The van der Waals surface area contributed by atoms with Gasteiger partial charge in [-0.05, 0) is 12.8 Å². The van der Waals surface area contributed by atoms with Crippen LogP contribution in [0.3, 0.4) is 0 Å². The molecule has 2 aliphatic rings. The Bertz CT molecular complexity index is 244. The van der Waals surface area contributed by atoms with Crippen molar-refractivity contribution in [2.45, 2.75) is 39.5 Å². The maximum atomic E-state index is 5.78. The Hall–Kier alpha value is -0.160. The molecule has 0 atom stereocenters. The first-order chi connectivity index (χ1) is 9.74. The summed E-state index contributed by atoms with van der Waals surface area (Å²) in [6, 6.07) is 0. The zero-order chi connectivity index (χ0) is 14.3. The SMILES string of the molecule is CCCC1(COCCOCC2(CCC)COC2)COC1. The number of ether oxygens (including phenoxy) is 4. The minimum absolute atomic E-state index is 0.292. The lowest BCUT2D eigenvalue weighted by Crippen LogP contribution is -2.47. The van der Waals surface area contributed by atoms with Gasteiger partial charge in [-0.1, -0.05) is 26.7 Å². The van der Waals surface area contributed by atoms with Crippen molar-refractivity contribution in [3.8, 4) is 0 Å². The van der Waals surface area contributed by atoms with Crippen molar-refractivity contribution >= 4 is 0 Å². The molecule has 0 bridgehead atoms. The van der Waals surface area contributed by atoms with E-state index in [1.807, 2.05) is 0 Å². The van der Waals surface area contributed by atoms with Crippen molar-refractivity contribution in [1.29, 1.82) is 0 Å². The highest BCUT2D eigenvalue weighted by molar-refractivity contribution is 4.85. The van der Waals surface area contributed by atoms with Gasteiger partial charge in [0.1, 0.15) is 0 Å². The Morgan fingerprint density at radius 2 is 1.15 bits per heavy atom. The van der Waals surface area contributed by atoms with E-state index in [1.165, 1.54) is 25.7 Å². The number of rotatable bonds is 11. The molecule has 0 radical (unpaired) electrons. The van der Waals surface area contributed by atoms with Crippen LogP contribution < -0.4 is 0 Å². The van der Waals surface area contributed by atoms with Crippen LogP contribution in [0, 0.1) is 10.8 Å². The van der Waals surface area contributed by atoms with Gasteiger partial charge in [-0.3, -0.25) is 0 Å². The van der Waals surface area contributed by atoms with Crippen LogP contribution in [0.15, 0.2) is 0 Å². The molecule has 4 heteroatoms. The average molecular weight is 286 g/mol. The Kier molecular flexibility index (Phi) is 6.27. The van der Waals surface area contributed by atoms with Gasteiger partial charge in [0.15, 0.2) is 0 Å². The van der Waals surface area contributed by atoms with Gasteiger partial charge in [-0.25, -0.2) is 0 Å². The predicted molar refractivity (Wildman–Crippen MR) is 78.0 cm³/mol. The molecule has 2 rings (SSSR count). The molecular formula is C16H30O4. The molecule has 2 aliphatic heterocycles. The normalized spacial score (nSPS) is 23.1. The highest BCUT2D eigenvalue weighted by atomic mass is 16.5. The summed E-state index contributed by atoms with van der Waals surface area (Å²) in [5, 5.41) is 0. The Morgan fingerprint density at radius 3 is 1.40 bits per heavy atom. The lowest BCUT2D eigenvalue weighted by Gasteiger charge is -2.41. The molecule has 0 amide bonds. The van der Waals surface area contributed by atoms with E-state index < -0.39 is 0 Å². The molecule has 20 heavy (non-hydrogen) atoms. The molecule has 0 aromatic heterocycles.